The van der Waals surface area contributed by atoms with Gasteiger partial charge >= 0.3 is 0 Å². The number of rotatable bonds is 7. The van der Waals surface area contributed by atoms with Gasteiger partial charge in [0, 0.05) is 23.1 Å². The quantitative estimate of drug-likeness (QED) is 0.832. The first-order valence-corrected chi connectivity index (χ1v) is 8.64. The van der Waals surface area contributed by atoms with Crippen LogP contribution in [0.15, 0.2) is 6.07 Å². The van der Waals surface area contributed by atoms with Crippen molar-refractivity contribution in [2.24, 2.45) is 0 Å². The van der Waals surface area contributed by atoms with Gasteiger partial charge in [-0.2, -0.15) is 16.7 Å². The molecule has 1 aromatic rings. The molecule has 1 saturated carbocycles. The standard InChI is InChI=1S/C15H25N3OS/c1-4-9-19-14-10-11(3)16-15(18-14)17-12-7-6-8-13(12)20-5-2/h10,12-13H,4-9H2,1-3H3,(H,16,17,18). The summed E-state index contributed by atoms with van der Waals surface area (Å²) in [6.45, 7) is 7.00. The van der Waals surface area contributed by atoms with Gasteiger partial charge in [-0.3, -0.25) is 0 Å². The second kappa shape index (κ2) is 7.72. The van der Waals surface area contributed by atoms with Crippen LogP contribution in [0.25, 0.3) is 0 Å². The number of nitrogens with zero attached hydrogens (tertiary/aromatic N) is 2. The molecule has 20 heavy (non-hydrogen) atoms. The van der Waals surface area contributed by atoms with E-state index in [-0.39, 0.29) is 0 Å². The van der Waals surface area contributed by atoms with E-state index in [4.69, 9.17) is 4.74 Å². The van der Waals surface area contributed by atoms with Crippen molar-refractivity contribution in [1.29, 1.82) is 0 Å². The highest BCUT2D eigenvalue weighted by Crippen LogP contribution is 2.31. The number of hydrogen-bond acceptors (Lipinski definition) is 5. The van der Waals surface area contributed by atoms with Gasteiger partial charge in [0.15, 0.2) is 0 Å². The van der Waals surface area contributed by atoms with Crippen molar-refractivity contribution in [3.63, 3.8) is 0 Å². The fraction of sp³-hybridized carbons (Fsp3) is 0.733. The highest BCUT2D eigenvalue weighted by Gasteiger charge is 2.27. The molecule has 1 aliphatic rings. The van der Waals surface area contributed by atoms with Crippen LogP contribution in [0.2, 0.25) is 0 Å². The molecule has 2 atom stereocenters. The summed E-state index contributed by atoms with van der Waals surface area (Å²) in [6.07, 6.45) is 4.78. The zero-order valence-corrected chi connectivity index (χ0v) is 13.5. The lowest BCUT2D eigenvalue weighted by Gasteiger charge is -2.20. The van der Waals surface area contributed by atoms with E-state index < -0.39 is 0 Å². The fourth-order valence-electron chi connectivity index (χ4n) is 2.56. The summed E-state index contributed by atoms with van der Waals surface area (Å²) in [6, 6.07) is 2.38. The van der Waals surface area contributed by atoms with Gasteiger partial charge in [0.1, 0.15) is 0 Å². The Hall–Kier alpha value is -0.970. The molecule has 1 N–H and O–H groups in total. The highest BCUT2D eigenvalue weighted by atomic mass is 32.2. The number of thioether (sulfide) groups is 1. The Balaban J connectivity index is 2.02. The third-order valence-electron chi connectivity index (χ3n) is 3.43. The van der Waals surface area contributed by atoms with Crippen LogP contribution in [0.1, 0.15) is 45.2 Å². The van der Waals surface area contributed by atoms with Gasteiger partial charge in [-0.1, -0.05) is 20.3 Å². The lowest BCUT2D eigenvalue weighted by atomic mass is 10.2. The number of aryl methyl sites for hydroxylation is 1. The van der Waals surface area contributed by atoms with E-state index in [1.807, 2.05) is 24.8 Å². The second-order valence-corrected chi connectivity index (χ2v) is 6.71. The van der Waals surface area contributed by atoms with Crippen molar-refractivity contribution in [2.75, 3.05) is 17.7 Å². The van der Waals surface area contributed by atoms with Gasteiger partial charge < -0.3 is 10.1 Å². The molecule has 1 aliphatic carbocycles. The summed E-state index contributed by atoms with van der Waals surface area (Å²) in [4.78, 5) is 8.96. The minimum absolute atomic E-state index is 0.487. The molecule has 2 unspecified atom stereocenters. The molecule has 0 saturated heterocycles. The summed E-state index contributed by atoms with van der Waals surface area (Å²) < 4.78 is 5.62. The van der Waals surface area contributed by atoms with Crippen LogP contribution < -0.4 is 10.1 Å². The summed E-state index contributed by atoms with van der Waals surface area (Å²) in [5.74, 6) is 2.56. The molecule has 1 fully saturated rings. The Bertz CT molecular complexity index is 428. The number of hydrogen-bond donors (Lipinski definition) is 1. The molecule has 0 amide bonds. The third kappa shape index (κ3) is 4.27. The van der Waals surface area contributed by atoms with Crippen LogP contribution in [-0.2, 0) is 0 Å². The molecule has 2 rings (SSSR count). The van der Waals surface area contributed by atoms with Gasteiger partial charge in [0.2, 0.25) is 11.8 Å². The summed E-state index contributed by atoms with van der Waals surface area (Å²) in [7, 11) is 0. The smallest absolute Gasteiger partial charge is 0.226 e. The maximum Gasteiger partial charge on any atom is 0.226 e. The molecule has 4 nitrogen and oxygen atoms in total. The molecule has 0 aliphatic heterocycles. The second-order valence-electron chi connectivity index (χ2n) is 5.20. The lowest BCUT2D eigenvalue weighted by Crippen LogP contribution is -2.27. The number of anilines is 1. The molecule has 1 aromatic heterocycles. The van der Waals surface area contributed by atoms with Crippen LogP contribution in [-0.4, -0.2) is 33.6 Å². The summed E-state index contributed by atoms with van der Waals surface area (Å²) in [5.41, 5.74) is 0.950. The van der Waals surface area contributed by atoms with Crippen molar-refractivity contribution in [2.45, 2.75) is 57.7 Å². The average Bonchev–Trinajstić information content (AvgIpc) is 2.84. The molecular weight excluding hydrogens is 270 g/mol. The van der Waals surface area contributed by atoms with Crippen molar-refractivity contribution in [3.8, 4) is 5.88 Å². The molecule has 0 spiro atoms. The molecule has 5 heteroatoms. The summed E-state index contributed by atoms with van der Waals surface area (Å²) in [5, 5.41) is 4.19. The van der Waals surface area contributed by atoms with Crippen molar-refractivity contribution in [3.05, 3.63) is 11.8 Å². The Kier molecular flexibility index (Phi) is 5.95. The predicted molar refractivity (Wildman–Crippen MR) is 85.7 cm³/mol. The van der Waals surface area contributed by atoms with Crippen LogP contribution in [0.5, 0.6) is 5.88 Å². The van der Waals surface area contributed by atoms with E-state index >= 15 is 0 Å². The monoisotopic (exact) mass is 295 g/mol. The molecule has 1 heterocycles. The van der Waals surface area contributed by atoms with Gasteiger partial charge in [-0.25, -0.2) is 4.98 Å². The Morgan fingerprint density at radius 3 is 2.95 bits per heavy atom. The Labute approximate surface area is 126 Å². The van der Waals surface area contributed by atoms with E-state index in [9.17, 15) is 0 Å². The van der Waals surface area contributed by atoms with E-state index in [2.05, 4.69) is 29.1 Å². The molecule has 0 aromatic carbocycles. The first kappa shape index (κ1) is 15.4. The van der Waals surface area contributed by atoms with Crippen LogP contribution in [0, 0.1) is 6.92 Å². The van der Waals surface area contributed by atoms with Crippen LogP contribution in [0.3, 0.4) is 0 Å². The SMILES string of the molecule is CCCOc1cc(C)nc(NC2CCCC2SCC)n1. The van der Waals surface area contributed by atoms with Gasteiger partial charge in [-0.05, 0) is 31.9 Å². The topological polar surface area (TPSA) is 47.0 Å². The van der Waals surface area contributed by atoms with E-state index in [0.29, 0.717) is 29.7 Å². The van der Waals surface area contributed by atoms with Crippen molar-refractivity contribution in [1.82, 2.24) is 9.97 Å². The zero-order valence-electron chi connectivity index (χ0n) is 12.7. The molecule has 0 radical (unpaired) electrons. The Morgan fingerprint density at radius 1 is 1.35 bits per heavy atom. The number of aromatic nitrogens is 2. The zero-order chi connectivity index (χ0) is 14.4. The van der Waals surface area contributed by atoms with Crippen molar-refractivity contribution >= 4 is 17.7 Å². The first-order valence-electron chi connectivity index (χ1n) is 7.59. The summed E-state index contributed by atoms with van der Waals surface area (Å²) >= 11 is 2.04. The average molecular weight is 295 g/mol. The molecular formula is C15H25N3OS. The normalized spacial score (nSPS) is 21.9. The largest absolute Gasteiger partial charge is 0.478 e. The third-order valence-corrected chi connectivity index (χ3v) is 4.76. The maximum absolute atomic E-state index is 5.62. The molecule has 112 valence electrons. The molecule has 0 bridgehead atoms. The minimum Gasteiger partial charge on any atom is -0.478 e. The lowest BCUT2D eigenvalue weighted by molar-refractivity contribution is 0.305. The van der Waals surface area contributed by atoms with Gasteiger partial charge in [-0.15, -0.1) is 0 Å². The predicted octanol–water partition coefficient (Wildman–Crippen LogP) is 3.66. The Morgan fingerprint density at radius 2 is 2.20 bits per heavy atom. The highest BCUT2D eigenvalue weighted by molar-refractivity contribution is 7.99. The number of ether oxygens (including phenoxy) is 1. The van der Waals surface area contributed by atoms with E-state index in [0.717, 1.165) is 12.1 Å². The van der Waals surface area contributed by atoms with E-state index in [1.54, 1.807) is 0 Å². The first-order chi connectivity index (χ1) is 9.72. The van der Waals surface area contributed by atoms with Gasteiger partial charge in [0.05, 0.1) is 6.61 Å². The van der Waals surface area contributed by atoms with Crippen molar-refractivity contribution < 1.29 is 4.74 Å². The van der Waals surface area contributed by atoms with Crippen LogP contribution >= 0.6 is 11.8 Å². The fourth-order valence-corrected chi connectivity index (χ4v) is 3.75. The minimum atomic E-state index is 0.487. The van der Waals surface area contributed by atoms with E-state index in [1.165, 1.54) is 25.0 Å². The van der Waals surface area contributed by atoms with Crippen LogP contribution in [0.4, 0.5) is 5.95 Å². The van der Waals surface area contributed by atoms with Gasteiger partial charge in [0.25, 0.3) is 0 Å². The number of nitrogens with one attached hydrogen (secondary N) is 1. The maximum atomic E-state index is 5.62.